The Morgan fingerprint density at radius 2 is 1.81 bits per heavy atom. The van der Waals surface area contributed by atoms with E-state index in [-0.39, 0.29) is 18.0 Å². The van der Waals surface area contributed by atoms with Crippen LogP contribution in [0.15, 0.2) is 18.2 Å². The minimum absolute atomic E-state index is 0.123. The van der Waals surface area contributed by atoms with Gasteiger partial charge in [0.25, 0.3) is 0 Å². The molecule has 1 fully saturated rings. The molecule has 3 N–H and O–H groups in total. The summed E-state index contributed by atoms with van der Waals surface area (Å²) in [5.41, 5.74) is 2.36. The van der Waals surface area contributed by atoms with Crippen LogP contribution in [0.2, 0.25) is 0 Å². The van der Waals surface area contributed by atoms with Crippen molar-refractivity contribution >= 4 is 23.3 Å². The molecule has 0 heterocycles. The highest BCUT2D eigenvalue weighted by Gasteiger charge is 2.15. The van der Waals surface area contributed by atoms with Crippen LogP contribution < -0.4 is 16.0 Å². The predicted octanol–water partition coefficient (Wildman–Crippen LogP) is 3.41. The number of anilines is 2. The second-order valence-corrected chi connectivity index (χ2v) is 5.64. The standard InChI is InChI=1S/C16H23N3O2/c1-11-8-9-14(10-15(11)17-12(2)20)19-16(21)18-13-6-4-3-5-7-13/h8-10,13H,3-7H2,1-2H3,(H,17,20)(H2,18,19,21). The van der Waals surface area contributed by atoms with Gasteiger partial charge in [-0.1, -0.05) is 25.3 Å². The first-order chi connectivity index (χ1) is 10.0. The van der Waals surface area contributed by atoms with Crippen LogP contribution in [-0.4, -0.2) is 18.0 Å². The second-order valence-electron chi connectivity index (χ2n) is 5.64. The molecule has 1 saturated carbocycles. The van der Waals surface area contributed by atoms with E-state index in [2.05, 4.69) is 16.0 Å². The van der Waals surface area contributed by atoms with Gasteiger partial charge in [0.1, 0.15) is 0 Å². The van der Waals surface area contributed by atoms with Crippen molar-refractivity contribution in [1.82, 2.24) is 5.32 Å². The summed E-state index contributed by atoms with van der Waals surface area (Å²) in [6, 6.07) is 5.58. The molecule has 0 spiro atoms. The van der Waals surface area contributed by atoms with Crippen molar-refractivity contribution in [3.05, 3.63) is 23.8 Å². The van der Waals surface area contributed by atoms with E-state index in [4.69, 9.17) is 0 Å². The Balaban J connectivity index is 1.95. The number of nitrogens with one attached hydrogen (secondary N) is 3. The maximum Gasteiger partial charge on any atom is 0.319 e. The maximum atomic E-state index is 12.0. The lowest BCUT2D eigenvalue weighted by Crippen LogP contribution is -2.39. The van der Waals surface area contributed by atoms with Crippen molar-refractivity contribution in [2.75, 3.05) is 10.6 Å². The van der Waals surface area contributed by atoms with Crippen LogP contribution >= 0.6 is 0 Å². The first kappa shape index (κ1) is 15.4. The van der Waals surface area contributed by atoms with Gasteiger partial charge in [-0.3, -0.25) is 4.79 Å². The summed E-state index contributed by atoms with van der Waals surface area (Å²) in [6.07, 6.45) is 5.74. The SMILES string of the molecule is CC(=O)Nc1cc(NC(=O)NC2CCCCC2)ccc1C. The van der Waals surface area contributed by atoms with E-state index in [1.54, 1.807) is 6.07 Å². The number of benzene rings is 1. The zero-order valence-corrected chi connectivity index (χ0v) is 12.7. The zero-order chi connectivity index (χ0) is 15.2. The topological polar surface area (TPSA) is 70.2 Å². The highest BCUT2D eigenvalue weighted by atomic mass is 16.2. The summed E-state index contributed by atoms with van der Waals surface area (Å²) in [4.78, 5) is 23.1. The zero-order valence-electron chi connectivity index (χ0n) is 12.7. The van der Waals surface area contributed by atoms with Gasteiger partial charge in [0.05, 0.1) is 0 Å². The molecular formula is C16H23N3O2. The van der Waals surface area contributed by atoms with Crippen molar-refractivity contribution in [3.8, 4) is 0 Å². The lowest BCUT2D eigenvalue weighted by atomic mass is 9.96. The van der Waals surface area contributed by atoms with Gasteiger partial charge < -0.3 is 16.0 Å². The van der Waals surface area contributed by atoms with Crippen LogP contribution in [0.4, 0.5) is 16.2 Å². The van der Waals surface area contributed by atoms with Crippen LogP contribution in [0.25, 0.3) is 0 Å². The molecule has 0 bridgehead atoms. The highest BCUT2D eigenvalue weighted by Crippen LogP contribution is 2.21. The van der Waals surface area contributed by atoms with Gasteiger partial charge in [-0.2, -0.15) is 0 Å². The van der Waals surface area contributed by atoms with E-state index in [1.165, 1.54) is 26.2 Å². The van der Waals surface area contributed by atoms with Crippen molar-refractivity contribution < 1.29 is 9.59 Å². The number of amides is 3. The third-order valence-corrected chi connectivity index (χ3v) is 3.75. The van der Waals surface area contributed by atoms with Crippen LogP contribution in [0.5, 0.6) is 0 Å². The van der Waals surface area contributed by atoms with Crippen molar-refractivity contribution in [3.63, 3.8) is 0 Å². The fourth-order valence-corrected chi connectivity index (χ4v) is 2.62. The second kappa shape index (κ2) is 7.11. The normalized spacial score (nSPS) is 15.3. The minimum Gasteiger partial charge on any atom is -0.335 e. The molecule has 3 amide bonds. The van der Waals surface area contributed by atoms with Gasteiger partial charge in [-0.15, -0.1) is 0 Å². The van der Waals surface area contributed by atoms with Crippen LogP contribution in [0.1, 0.15) is 44.6 Å². The van der Waals surface area contributed by atoms with Crippen molar-refractivity contribution in [2.24, 2.45) is 0 Å². The van der Waals surface area contributed by atoms with Gasteiger partial charge in [0.15, 0.2) is 0 Å². The molecule has 114 valence electrons. The fourth-order valence-electron chi connectivity index (χ4n) is 2.62. The van der Waals surface area contributed by atoms with E-state index >= 15 is 0 Å². The highest BCUT2D eigenvalue weighted by molar-refractivity contribution is 5.93. The first-order valence-electron chi connectivity index (χ1n) is 7.50. The fraction of sp³-hybridized carbons (Fsp3) is 0.500. The van der Waals surface area contributed by atoms with E-state index in [9.17, 15) is 9.59 Å². The quantitative estimate of drug-likeness (QED) is 0.798. The Kier molecular flexibility index (Phi) is 5.20. The number of urea groups is 1. The molecular weight excluding hydrogens is 266 g/mol. The number of carbonyl (C=O) groups excluding carboxylic acids is 2. The third-order valence-electron chi connectivity index (χ3n) is 3.75. The molecule has 1 aliphatic rings. The molecule has 0 unspecified atom stereocenters. The van der Waals surface area contributed by atoms with E-state index in [0.29, 0.717) is 5.69 Å². The maximum absolute atomic E-state index is 12.0. The van der Waals surface area contributed by atoms with E-state index < -0.39 is 0 Å². The average Bonchev–Trinajstić information content (AvgIpc) is 2.43. The van der Waals surface area contributed by atoms with E-state index in [0.717, 1.165) is 24.1 Å². The lowest BCUT2D eigenvalue weighted by molar-refractivity contribution is -0.114. The summed E-state index contributed by atoms with van der Waals surface area (Å²) in [5.74, 6) is -0.123. The summed E-state index contributed by atoms with van der Waals surface area (Å²) in [7, 11) is 0. The van der Waals surface area contributed by atoms with Crippen LogP contribution in [0, 0.1) is 6.92 Å². The van der Waals surface area contributed by atoms with E-state index in [1.807, 2.05) is 19.1 Å². The summed E-state index contributed by atoms with van der Waals surface area (Å²) in [6.45, 7) is 3.38. The predicted molar refractivity (Wildman–Crippen MR) is 84.5 cm³/mol. The molecule has 21 heavy (non-hydrogen) atoms. The molecule has 1 aromatic carbocycles. The smallest absolute Gasteiger partial charge is 0.319 e. The minimum atomic E-state index is -0.181. The number of rotatable bonds is 3. The number of hydrogen-bond acceptors (Lipinski definition) is 2. The number of carbonyl (C=O) groups is 2. The van der Waals surface area contributed by atoms with Gasteiger partial charge in [-0.05, 0) is 37.5 Å². The molecule has 5 heteroatoms. The third kappa shape index (κ3) is 4.77. The molecule has 0 saturated heterocycles. The van der Waals surface area contributed by atoms with Crippen molar-refractivity contribution in [2.45, 2.75) is 52.0 Å². The summed E-state index contributed by atoms with van der Waals surface area (Å²) in [5, 5.41) is 8.59. The Labute approximate surface area is 125 Å². The molecule has 0 aliphatic heterocycles. The molecule has 1 aliphatic carbocycles. The molecule has 0 radical (unpaired) electrons. The van der Waals surface area contributed by atoms with Gasteiger partial charge in [0.2, 0.25) is 5.91 Å². The summed E-state index contributed by atoms with van der Waals surface area (Å²) >= 11 is 0. The molecule has 2 rings (SSSR count). The number of hydrogen-bond donors (Lipinski definition) is 3. The molecule has 0 aromatic heterocycles. The Morgan fingerprint density at radius 3 is 2.48 bits per heavy atom. The van der Waals surface area contributed by atoms with Gasteiger partial charge >= 0.3 is 6.03 Å². The Morgan fingerprint density at radius 1 is 1.10 bits per heavy atom. The van der Waals surface area contributed by atoms with Crippen LogP contribution in [0.3, 0.4) is 0 Å². The monoisotopic (exact) mass is 289 g/mol. The Bertz CT molecular complexity index is 522. The summed E-state index contributed by atoms with van der Waals surface area (Å²) < 4.78 is 0. The molecule has 1 aromatic rings. The largest absolute Gasteiger partial charge is 0.335 e. The van der Waals surface area contributed by atoms with Gasteiger partial charge in [0, 0.05) is 24.3 Å². The average molecular weight is 289 g/mol. The molecule has 5 nitrogen and oxygen atoms in total. The number of aryl methyl sites for hydroxylation is 1. The first-order valence-corrected chi connectivity index (χ1v) is 7.50. The molecule has 0 atom stereocenters. The Hall–Kier alpha value is -2.04. The van der Waals surface area contributed by atoms with Crippen molar-refractivity contribution in [1.29, 1.82) is 0 Å². The van der Waals surface area contributed by atoms with Crippen LogP contribution in [-0.2, 0) is 4.79 Å². The van der Waals surface area contributed by atoms with Gasteiger partial charge in [-0.25, -0.2) is 4.79 Å². The lowest BCUT2D eigenvalue weighted by Gasteiger charge is -2.23.